The van der Waals surface area contributed by atoms with Gasteiger partial charge in [0.1, 0.15) is 5.75 Å². The fourth-order valence-electron chi connectivity index (χ4n) is 2.61. The van der Waals surface area contributed by atoms with Crippen LogP contribution in [0.2, 0.25) is 0 Å². The molecule has 3 aromatic heterocycles. The van der Waals surface area contributed by atoms with Crippen molar-refractivity contribution in [2.24, 2.45) is 0 Å². The highest BCUT2D eigenvalue weighted by Gasteiger charge is 2.19. The van der Waals surface area contributed by atoms with Gasteiger partial charge in [-0.05, 0) is 24.3 Å². The summed E-state index contributed by atoms with van der Waals surface area (Å²) < 4.78 is 47.2. The molecule has 4 rings (SSSR count). The number of methoxy groups -OCH3 is 1. The summed E-state index contributed by atoms with van der Waals surface area (Å²) in [4.78, 5) is 7.87. The number of fused-ring (bicyclic) bond motifs is 1. The van der Waals surface area contributed by atoms with Crippen LogP contribution in [0, 0.1) is 17.7 Å². The summed E-state index contributed by atoms with van der Waals surface area (Å²) in [6.07, 6.45) is 4.40. The van der Waals surface area contributed by atoms with Gasteiger partial charge in [0.05, 0.1) is 23.8 Å². The standard InChI is InChI=1S/C20H14FN5O3S/c1-29-16-3-2-4-17(10-16)30(27,28)26-20-18(21)14(7-8-22-20)6-5-13-9-15-12-24-25-19(15)23-11-13/h2-4,7-12H,1H3,(H,22,26)(H,23,24,25). The molecule has 2 N–H and O–H groups in total. The predicted octanol–water partition coefficient (Wildman–Crippen LogP) is 2.70. The summed E-state index contributed by atoms with van der Waals surface area (Å²) in [5, 5.41) is 7.38. The monoisotopic (exact) mass is 423 g/mol. The second kappa shape index (κ2) is 7.81. The number of benzene rings is 1. The Kier molecular flexibility index (Phi) is 5.04. The number of hydrogen-bond acceptors (Lipinski definition) is 6. The van der Waals surface area contributed by atoms with Crippen LogP contribution in [0.25, 0.3) is 11.0 Å². The molecule has 0 fully saturated rings. The summed E-state index contributed by atoms with van der Waals surface area (Å²) in [6.45, 7) is 0. The number of sulfonamides is 1. The van der Waals surface area contributed by atoms with Gasteiger partial charge >= 0.3 is 0 Å². The summed E-state index contributed by atoms with van der Waals surface area (Å²) >= 11 is 0. The number of H-pyrrole nitrogens is 1. The van der Waals surface area contributed by atoms with E-state index in [9.17, 15) is 12.8 Å². The Balaban J connectivity index is 1.63. The van der Waals surface area contributed by atoms with Crippen molar-refractivity contribution >= 4 is 26.9 Å². The van der Waals surface area contributed by atoms with E-state index in [2.05, 4.69) is 36.7 Å². The predicted molar refractivity (Wildman–Crippen MR) is 108 cm³/mol. The molecule has 10 heteroatoms. The minimum atomic E-state index is -4.07. The number of nitrogens with zero attached hydrogens (tertiary/aromatic N) is 3. The molecule has 0 saturated heterocycles. The lowest BCUT2D eigenvalue weighted by Gasteiger charge is -2.09. The highest BCUT2D eigenvalue weighted by molar-refractivity contribution is 7.92. The minimum Gasteiger partial charge on any atom is -0.497 e. The number of nitrogens with one attached hydrogen (secondary N) is 2. The Morgan fingerprint density at radius 3 is 2.83 bits per heavy atom. The van der Waals surface area contributed by atoms with Gasteiger partial charge < -0.3 is 4.74 Å². The largest absolute Gasteiger partial charge is 0.497 e. The van der Waals surface area contributed by atoms with E-state index < -0.39 is 21.7 Å². The Hall–Kier alpha value is -3.97. The SMILES string of the molecule is COc1cccc(S(=O)(=O)Nc2nccc(C#Cc3cnc4[nH]ncc4c3)c2F)c1. The summed E-state index contributed by atoms with van der Waals surface area (Å²) in [5.74, 6) is 4.51. The second-order valence-corrected chi connectivity index (χ2v) is 7.77. The third-order valence-corrected chi connectivity index (χ3v) is 5.44. The van der Waals surface area contributed by atoms with E-state index in [1.165, 1.54) is 43.8 Å². The molecule has 0 amide bonds. The molecule has 0 aliphatic rings. The quantitative estimate of drug-likeness (QED) is 0.489. The van der Waals surface area contributed by atoms with Gasteiger partial charge in [0.25, 0.3) is 10.0 Å². The van der Waals surface area contributed by atoms with Crippen molar-refractivity contribution in [3.05, 3.63) is 71.9 Å². The molecular weight excluding hydrogens is 409 g/mol. The molecular formula is C20H14FN5O3S. The molecule has 0 spiro atoms. The topological polar surface area (TPSA) is 110 Å². The highest BCUT2D eigenvalue weighted by atomic mass is 32.2. The first-order valence-corrected chi connectivity index (χ1v) is 10.1. The van der Waals surface area contributed by atoms with Crippen LogP contribution in [0.15, 0.2) is 59.9 Å². The van der Waals surface area contributed by atoms with Gasteiger partial charge in [0, 0.05) is 29.4 Å². The van der Waals surface area contributed by atoms with Crippen molar-refractivity contribution in [1.29, 1.82) is 0 Å². The fourth-order valence-corrected chi connectivity index (χ4v) is 3.65. The van der Waals surface area contributed by atoms with Gasteiger partial charge in [0.15, 0.2) is 17.3 Å². The van der Waals surface area contributed by atoms with Crippen molar-refractivity contribution in [2.45, 2.75) is 4.90 Å². The number of ether oxygens (including phenoxy) is 1. The number of aromatic nitrogens is 4. The van der Waals surface area contributed by atoms with Crippen molar-refractivity contribution in [1.82, 2.24) is 20.2 Å². The molecule has 0 aliphatic carbocycles. The van der Waals surface area contributed by atoms with Gasteiger partial charge in [0.2, 0.25) is 0 Å². The normalized spacial score (nSPS) is 11.0. The molecule has 1 aromatic carbocycles. The van der Waals surface area contributed by atoms with Crippen LogP contribution in [-0.4, -0.2) is 35.7 Å². The van der Waals surface area contributed by atoms with Crippen LogP contribution in [0.4, 0.5) is 10.2 Å². The van der Waals surface area contributed by atoms with Gasteiger partial charge in [-0.1, -0.05) is 17.9 Å². The van der Waals surface area contributed by atoms with Gasteiger partial charge in [-0.2, -0.15) is 5.10 Å². The zero-order valence-corrected chi connectivity index (χ0v) is 16.4. The molecule has 3 heterocycles. The van der Waals surface area contributed by atoms with Crippen LogP contribution in [0.1, 0.15) is 11.1 Å². The van der Waals surface area contributed by atoms with Crippen molar-refractivity contribution < 1.29 is 17.5 Å². The fraction of sp³-hybridized carbons (Fsp3) is 0.0500. The number of pyridine rings is 2. The van der Waals surface area contributed by atoms with Gasteiger partial charge in [-0.15, -0.1) is 0 Å². The minimum absolute atomic E-state index is 0.0133. The van der Waals surface area contributed by atoms with E-state index in [1.54, 1.807) is 18.3 Å². The molecule has 8 nitrogen and oxygen atoms in total. The van der Waals surface area contributed by atoms with E-state index in [0.29, 0.717) is 17.0 Å². The van der Waals surface area contributed by atoms with Crippen molar-refractivity contribution in [3.8, 4) is 17.6 Å². The molecule has 0 radical (unpaired) electrons. The molecule has 30 heavy (non-hydrogen) atoms. The average Bonchev–Trinajstić information content (AvgIpc) is 3.22. The molecule has 0 bridgehead atoms. The number of hydrogen-bond donors (Lipinski definition) is 2. The van der Waals surface area contributed by atoms with E-state index >= 15 is 0 Å². The van der Waals surface area contributed by atoms with Gasteiger partial charge in [-0.3, -0.25) is 9.82 Å². The first kappa shape index (κ1) is 19.4. The number of rotatable bonds is 4. The molecule has 0 aliphatic heterocycles. The smallest absolute Gasteiger partial charge is 0.263 e. The number of aromatic amines is 1. The lowest BCUT2D eigenvalue weighted by molar-refractivity contribution is 0.413. The summed E-state index contributed by atoms with van der Waals surface area (Å²) in [6, 6.07) is 8.92. The molecule has 0 saturated carbocycles. The van der Waals surface area contributed by atoms with Gasteiger partial charge in [-0.25, -0.2) is 22.8 Å². The Morgan fingerprint density at radius 1 is 1.13 bits per heavy atom. The maximum atomic E-state index is 14.8. The molecule has 0 unspecified atom stereocenters. The maximum absolute atomic E-state index is 14.8. The first-order chi connectivity index (χ1) is 14.5. The maximum Gasteiger partial charge on any atom is 0.263 e. The lowest BCUT2D eigenvalue weighted by atomic mass is 10.2. The third kappa shape index (κ3) is 3.92. The number of halogens is 1. The van der Waals surface area contributed by atoms with Crippen LogP contribution < -0.4 is 9.46 Å². The van der Waals surface area contributed by atoms with Crippen molar-refractivity contribution in [3.63, 3.8) is 0 Å². The Bertz CT molecular complexity index is 1410. The Labute approximate surface area is 171 Å². The number of anilines is 1. The highest BCUT2D eigenvalue weighted by Crippen LogP contribution is 2.22. The van der Waals surface area contributed by atoms with E-state index in [0.717, 1.165) is 5.39 Å². The third-order valence-electron chi connectivity index (χ3n) is 4.10. The van der Waals surface area contributed by atoms with Crippen LogP contribution in [-0.2, 0) is 10.0 Å². The zero-order chi connectivity index (χ0) is 21.1. The molecule has 150 valence electrons. The average molecular weight is 423 g/mol. The first-order valence-electron chi connectivity index (χ1n) is 8.59. The lowest BCUT2D eigenvalue weighted by Crippen LogP contribution is -2.15. The van der Waals surface area contributed by atoms with E-state index in [4.69, 9.17) is 4.74 Å². The molecule has 4 aromatic rings. The van der Waals surface area contributed by atoms with E-state index in [-0.39, 0.29) is 10.5 Å². The van der Waals surface area contributed by atoms with Crippen LogP contribution in [0.3, 0.4) is 0 Å². The summed E-state index contributed by atoms with van der Waals surface area (Å²) in [5.41, 5.74) is 1.16. The molecule has 0 atom stereocenters. The van der Waals surface area contributed by atoms with Crippen LogP contribution in [0.5, 0.6) is 5.75 Å². The zero-order valence-electron chi connectivity index (χ0n) is 15.5. The van der Waals surface area contributed by atoms with Crippen LogP contribution >= 0.6 is 0 Å². The Morgan fingerprint density at radius 2 is 2.00 bits per heavy atom. The van der Waals surface area contributed by atoms with E-state index in [1.807, 2.05) is 0 Å². The summed E-state index contributed by atoms with van der Waals surface area (Å²) in [7, 11) is -2.65. The van der Waals surface area contributed by atoms with Crippen molar-refractivity contribution in [2.75, 3.05) is 11.8 Å². The second-order valence-electron chi connectivity index (χ2n) is 6.09.